The Bertz CT molecular complexity index is 317. The first-order chi connectivity index (χ1) is 7.90. The molecule has 0 aromatic heterocycles. The van der Waals surface area contributed by atoms with Gasteiger partial charge in [0.2, 0.25) is 11.8 Å². The lowest BCUT2D eigenvalue weighted by Gasteiger charge is -2.07. The van der Waals surface area contributed by atoms with Gasteiger partial charge in [0.05, 0.1) is 5.57 Å². The van der Waals surface area contributed by atoms with Crippen molar-refractivity contribution in [2.75, 3.05) is 13.3 Å². The molecule has 5 nitrogen and oxygen atoms in total. The van der Waals surface area contributed by atoms with E-state index in [-0.39, 0.29) is 11.5 Å². The van der Waals surface area contributed by atoms with E-state index in [0.29, 0.717) is 12.5 Å². The van der Waals surface area contributed by atoms with Gasteiger partial charge < -0.3 is 5.11 Å². The first kappa shape index (κ1) is 16.4. The summed E-state index contributed by atoms with van der Waals surface area (Å²) in [5.41, 5.74) is 0.231. The fourth-order valence-corrected chi connectivity index (χ4v) is 2.26. The molecular weight excluding hydrogens is 261 g/mol. The second-order valence-corrected chi connectivity index (χ2v) is 5.40. The maximum absolute atomic E-state index is 11.0. The van der Waals surface area contributed by atoms with Gasteiger partial charge in [-0.15, -0.1) is 4.52 Å². The van der Waals surface area contributed by atoms with Crippen LogP contribution >= 0.6 is 7.15 Å². The number of carboxylic acid groups (broad SMARTS) is 1. The Morgan fingerprint density at radius 3 is 2.53 bits per heavy atom. The Morgan fingerprint density at radius 2 is 2.12 bits per heavy atom. The summed E-state index contributed by atoms with van der Waals surface area (Å²) < 4.78 is 10.5. The summed E-state index contributed by atoms with van der Waals surface area (Å²) in [6.07, 6.45) is 0. The molecule has 0 heterocycles. The molecule has 2 N–H and O–H groups in total. The van der Waals surface area contributed by atoms with Crippen LogP contribution in [0, 0.1) is 5.92 Å². The molecule has 0 aromatic rings. The summed E-state index contributed by atoms with van der Waals surface area (Å²) in [6.45, 7) is 8.22. The summed E-state index contributed by atoms with van der Waals surface area (Å²) in [4.78, 5) is 11.0. The van der Waals surface area contributed by atoms with E-state index in [1.54, 1.807) is 20.8 Å². The quantitative estimate of drug-likeness (QED) is 0.234. The van der Waals surface area contributed by atoms with E-state index < -0.39 is 13.1 Å². The molecular formula is C10H19NO4PS+. The molecule has 0 aliphatic heterocycles. The van der Waals surface area contributed by atoms with Gasteiger partial charge in [-0.3, -0.25) is 9.84 Å². The van der Waals surface area contributed by atoms with Gasteiger partial charge in [-0.1, -0.05) is 20.8 Å². The molecule has 0 fully saturated rings. The zero-order valence-electron chi connectivity index (χ0n) is 10.5. The predicted octanol–water partition coefficient (Wildman–Crippen LogP) is 2.38. The summed E-state index contributed by atoms with van der Waals surface area (Å²) in [7, 11) is -1.51. The summed E-state index contributed by atoms with van der Waals surface area (Å²) >= 11 is 4.97. The van der Waals surface area contributed by atoms with Crippen LogP contribution in [0.3, 0.4) is 0 Å². The van der Waals surface area contributed by atoms with E-state index in [1.165, 1.54) is 0 Å². The molecule has 1 unspecified atom stereocenters. The minimum Gasteiger partial charge on any atom is -0.478 e. The molecule has 0 bridgehead atoms. The van der Waals surface area contributed by atoms with Crippen molar-refractivity contribution in [3.05, 3.63) is 11.3 Å². The highest BCUT2D eigenvalue weighted by Gasteiger charge is 2.23. The van der Waals surface area contributed by atoms with Crippen LogP contribution in [0.1, 0.15) is 27.7 Å². The fraction of sp³-hybridized carbons (Fsp3) is 0.700. The van der Waals surface area contributed by atoms with Crippen molar-refractivity contribution in [3.8, 4) is 0 Å². The predicted molar refractivity (Wildman–Crippen MR) is 70.2 cm³/mol. The van der Waals surface area contributed by atoms with Crippen LogP contribution < -0.4 is 5.32 Å². The summed E-state index contributed by atoms with van der Waals surface area (Å²) in [5, 5.41) is 12.0. The molecule has 7 heteroatoms. The molecule has 17 heavy (non-hydrogen) atoms. The molecule has 1 atom stereocenters. The SMILES string of the molecule is CCNCO[P+](=S)OC(C)=C(C(=O)O)C(C)C. The molecule has 0 saturated carbocycles. The molecule has 0 saturated heterocycles. The van der Waals surface area contributed by atoms with Gasteiger partial charge >= 0.3 is 13.1 Å². The zero-order valence-corrected chi connectivity index (χ0v) is 12.2. The Morgan fingerprint density at radius 1 is 1.53 bits per heavy atom. The van der Waals surface area contributed by atoms with Gasteiger partial charge in [0.15, 0.2) is 12.5 Å². The zero-order chi connectivity index (χ0) is 13.4. The van der Waals surface area contributed by atoms with Crippen molar-refractivity contribution in [1.29, 1.82) is 0 Å². The lowest BCUT2D eigenvalue weighted by molar-refractivity contribution is -0.133. The average molecular weight is 280 g/mol. The third kappa shape index (κ3) is 6.68. The van der Waals surface area contributed by atoms with Crippen LogP contribution in [0.15, 0.2) is 11.3 Å². The first-order valence-corrected chi connectivity index (χ1v) is 7.52. The Kier molecular flexibility index (Phi) is 8.25. The van der Waals surface area contributed by atoms with Gasteiger partial charge in [-0.25, -0.2) is 4.79 Å². The van der Waals surface area contributed by atoms with Gasteiger partial charge in [0.25, 0.3) is 0 Å². The lowest BCUT2D eigenvalue weighted by Crippen LogP contribution is -2.15. The fourth-order valence-electron chi connectivity index (χ4n) is 1.19. The maximum Gasteiger partial charge on any atom is 0.574 e. The van der Waals surface area contributed by atoms with Gasteiger partial charge in [-0.2, -0.15) is 0 Å². The third-order valence-corrected chi connectivity index (χ3v) is 3.22. The van der Waals surface area contributed by atoms with E-state index in [0.717, 1.165) is 6.54 Å². The van der Waals surface area contributed by atoms with Crippen LogP contribution in [0.25, 0.3) is 0 Å². The van der Waals surface area contributed by atoms with Gasteiger partial charge in [-0.05, 0) is 19.4 Å². The Labute approximate surface area is 108 Å². The number of hydrogen-bond donors (Lipinski definition) is 2. The molecule has 0 aliphatic rings. The Balaban J connectivity index is 4.47. The molecule has 0 aliphatic carbocycles. The normalized spacial score (nSPS) is 13.4. The van der Waals surface area contributed by atoms with Gasteiger partial charge in [0.1, 0.15) is 0 Å². The van der Waals surface area contributed by atoms with Crippen molar-refractivity contribution in [3.63, 3.8) is 0 Å². The second kappa shape index (κ2) is 8.53. The van der Waals surface area contributed by atoms with Gasteiger partial charge in [0, 0.05) is 0 Å². The standard InChI is InChI=1S/C10H18NO4PS/c1-5-11-6-14-16(17)15-8(4)9(7(2)3)10(12)13/h7,11H,5-6H2,1-4H3/p+1. The van der Waals surface area contributed by atoms with Crippen molar-refractivity contribution >= 4 is 24.9 Å². The molecule has 0 radical (unpaired) electrons. The van der Waals surface area contributed by atoms with Crippen molar-refractivity contribution < 1.29 is 18.9 Å². The lowest BCUT2D eigenvalue weighted by atomic mass is 10.0. The van der Waals surface area contributed by atoms with Crippen LogP contribution in [0.2, 0.25) is 0 Å². The third-order valence-electron chi connectivity index (χ3n) is 1.92. The van der Waals surface area contributed by atoms with E-state index in [1.807, 2.05) is 6.92 Å². The number of carboxylic acids is 1. The summed E-state index contributed by atoms with van der Waals surface area (Å²) in [5.74, 6) is -0.785. The molecule has 98 valence electrons. The number of carbonyl (C=O) groups is 1. The smallest absolute Gasteiger partial charge is 0.478 e. The van der Waals surface area contributed by atoms with Crippen LogP contribution in [-0.4, -0.2) is 24.4 Å². The van der Waals surface area contributed by atoms with E-state index >= 15 is 0 Å². The number of allylic oxidation sites excluding steroid dienone is 1. The highest BCUT2D eigenvalue weighted by Crippen LogP contribution is 2.30. The van der Waals surface area contributed by atoms with Crippen molar-refractivity contribution in [1.82, 2.24) is 5.32 Å². The highest BCUT2D eigenvalue weighted by molar-refractivity contribution is 8.00. The molecule has 0 rings (SSSR count). The van der Waals surface area contributed by atoms with E-state index in [2.05, 4.69) is 5.32 Å². The number of rotatable bonds is 8. The largest absolute Gasteiger partial charge is 0.574 e. The van der Waals surface area contributed by atoms with Crippen LogP contribution in [0.4, 0.5) is 0 Å². The molecule has 0 spiro atoms. The first-order valence-electron chi connectivity index (χ1n) is 5.33. The monoisotopic (exact) mass is 280 g/mol. The molecule has 0 amide bonds. The summed E-state index contributed by atoms with van der Waals surface area (Å²) in [6, 6.07) is 0. The maximum atomic E-state index is 11.0. The second-order valence-electron chi connectivity index (χ2n) is 3.62. The van der Waals surface area contributed by atoms with Crippen molar-refractivity contribution in [2.45, 2.75) is 27.7 Å². The molecule has 0 aromatic carbocycles. The highest BCUT2D eigenvalue weighted by atomic mass is 32.4. The number of hydrogen-bond acceptors (Lipinski definition) is 5. The minimum atomic E-state index is -1.51. The van der Waals surface area contributed by atoms with Crippen molar-refractivity contribution in [2.24, 2.45) is 5.92 Å². The topological polar surface area (TPSA) is 67.8 Å². The Hall–Kier alpha value is -0.550. The number of aliphatic carboxylic acids is 1. The average Bonchev–Trinajstić information content (AvgIpc) is 2.16. The number of nitrogens with one attached hydrogen (secondary N) is 1. The van der Waals surface area contributed by atoms with E-state index in [4.69, 9.17) is 26.0 Å². The minimum absolute atomic E-state index is 0.125. The van der Waals surface area contributed by atoms with E-state index in [9.17, 15) is 4.79 Å². The van der Waals surface area contributed by atoms with Crippen LogP contribution in [0.5, 0.6) is 0 Å². The van der Waals surface area contributed by atoms with Crippen LogP contribution in [-0.2, 0) is 25.6 Å².